The molecule has 0 aliphatic carbocycles. The number of aromatic nitrogens is 1. The lowest BCUT2D eigenvalue weighted by atomic mass is 10.1. The average molecular weight is 224 g/mol. The van der Waals surface area contributed by atoms with E-state index in [-0.39, 0.29) is 18.0 Å². The van der Waals surface area contributed by atoms with Crippen molar-refractivity contribution in [3.8, 4) is 0 Å². The van der Waals surface area contributed by atoms with E-state index in [0.29, 0.717) is 12.5 Å². The first kappa shape index (κ1) is 11.5. The summed E-state index contributed by atoms with van der Waals surface area (Å²) >= 11 is 0. The van der Waals surface area contributed by atoms with E-state index in [1.54, 1.807) is 6.07 Å². The maximum atomic E-state index is 12.8. The van der Waals surface area contributed by atoms with Crippen molar-refractivity contribution < 1.29 is 9.13 Å². The fourth-order valence-electron chi connectivity index (χ4n) is 1.86. The van der Waals surface area contributed by atoms with Gasteiger partial charge in [-0.15, -0.1) is 0 Å². The van der Waals surface area contributed by atoms with Crippen LogP contribution < -0.4 is 5.32 Å². The lowest BCUT2D eigenvalue weighted by Crippen LogP contribution is -2.32. The van der Waals surface area contributed by atoms with Gasteiger partial charge in [0.25, 0.3) is 0 Å². The molecule has 0 radical (unpaired) electrons. The Hall–Kier alpha value is -1.00. The minimum absolute atomic E-state index is 0.0921. The Morgan fingerprint density at radius 2 is 2.25 bits per heavy atom. The van der Waals surface area contributed by atoms with E-state index in [0.717, 1.165) is 12.2 Å². The van der Waals surface area contributed by atoms with Crippen molar-refractivity contribution in [2.24, 2.45) is 5.92 Å². The normalized spacial score (nSPS) is 31.1. The molecule has 2 rings (SSSR count). The number of nitrogens with one attached hydrogen (secondary N) is 1. The van der Waals surface area contributed by atoms with Crippen molar-refractivity contribution in [1.29, 1.82) is 0 Å². The number of pyridine rings is 1. The van der Waals surface area contributed by atoms with Gasteiger partial charge in [-0.25, -0.2) is 4.39 Å². The van der Waals surface area contributed by atoms with Crippen molar-refractivity contribution in [3.63, 3.8) is 0 Å². The molecule has 1 aliphatic heterocycles. The van der Waals surface area contributed by atoms with Gasteiger partial charge < -0.3 is 10.1 Å². The summed E-state index contributed by atoms with van der Waals surface area (Å²) in [6.45, 7) is 5.86. The molecule has 1 aromatic rings. The summed E-state index contributed by atoms with van der Waals surface area (Å²) in [7, 11) is 0. The second kappa shape index (κ2) is 4.89. The third kappa shape index (κ3) is 2.57. The van der Waals surface area contributed by atoms with Gasteiger partial charge in [-0.1, -0.05) is 6.92 Å². The standard InChI is InChI=1S/C12H17FN2O/c1-8-5-14-9(2)12(16-7-8)11-4-3-10(13)6-15-11/h3-4,6,8-9,12,14H,5,7H2,1-2H3. The molecular weight excluding hydrogens is 207 g/mol. The van der Waals surface area contributed by atoms with E-state index in [9.17, 15) is 4.39 Å². The van der Waals surface area contributed by atoms with Gasteiger partial charge in [0.2, 0.25) is 0 Å². The first-order chi connectivity index (χ1) is 7.66. The number of halogens is 1. The zero-order chi connectivity index (χ0) is 11.5. The number of rotatable bonds is 1. The number of hydrogen-bond donors (Lipinski definition) is 1. The zero-order valence-corrected chi connectivity index (χ0v) is 9.61. The quantitative estimate of drug-likeness (QED) is 0.791. The average Bonchev–Trinajstić information content (AvgIpc) is 2.44. The van der Waals surface area contributed by atoms with Crippen molar-refractivity contribution in [2.45, 2.75) is 26.0 Å². The molecule has 1 fully saturated rings. The second-order valence-electron chi connectivity index (χ2n) is 4.46. The molecule has 0 bridgehead atoms. The minimum atomic E-state index is -0.314. The molecule has 1 aromatic heterocycles. The molecule has 2 heterocycles. The summed E-state index contributed by atoms with van der Waals surface area (Å²) in [5.74, 6) is 0.180. The van der Waals surface area contributed by atoms with Crippen molar-refractivity contribution in [3.05, 3.63) is 29.8 Å². The first-order valence-corrected chi connectivity index (χ1v) is 5.63. The van der Waals surface area contributed by atoms with Gasteiger partial charge in [-0.3, -0.25) is 4.98 Å². The highest BCUT2D eigenvalue weighted by Gasteiger charge is 2.25. The highest BCUT2D eigenvalue weighted by Crippen LogP contribution is 2.22. The van der Waals surface area contributed by atoms with Gasteiger partial charge in [0.05, 0.1) is 18.5 Å². The van der Waals surface area contributed by atoms with Crippen LogP contribution in [0.1, 0.15) is 25.6 Å². The Labute approximate surface area is 95.0 Å². The molecule has 3 atom stereocenters. The maximum Gasteiger partial charge on any atom is 0.141 e. The fraction of sp³-hybridized carbons (Fsp3) is 0.583. The summed E-state index contributed by atoms with van der Waals surface area (Å²) in [4.78, 5) is 4.08. The highest BCUT2D eigenvalue weighted by atomic mass is 19.1. The maximum absolute atomic E-state index is 12.8. The minimum Gasteiger partial charge on any atom is -0.370 e. The van der Waals surface area contributed by atoms with Crippen molar-refractivity contribution >= 4 is 0 Å². The molecule has 3 nitrogen and oxygen atoms in total. The smallest absolute Gasteiger partial charge is 0.141 e. The summed E-state index contributed by atoms with van der Waals surface area (Å²) in [6, 6.07) is 3.31. The van der Waals surface area contributed by atoms with Crippen LogP contribution in [0.4, 0.5) is 4.39 Å². The molecule has 1 saturated heterocycles. The monoisotopic (exact) mass is 224 g/mol. The highest BCUT2D eigenvalue weighted by molar-refractivity contribution is 5.10. The predicted octanol–water partition coefficient (Wildman–Crippen LogP) is 1.91. The lowest BCUT2D eigenvalue weighted by Gasteiger charge is -2.21. The molecule has 4 heteroatoms. The molecule has 1 N–H and O–H groups in total. The third-order valence-corrected chi connectivity index (χ3v) is 2.84. The fourth-order valence-corrected chi connectivity index (χ4v) is 1.86. The zero-order valence-electron chi connectivity index (χ0n) is 9.61. The van der Waals surface area contributed by atoms with E-state index >= 15 is 0 Å². The van der Waals surface area contributed by atoms with Gasteiger partial charge in [0.15, 0.2) is 0 Å². The van der Waals surface area contributed by atoms with Gasteiger partial charge in [0, 0.05) is 12.6 Å². The second-order valence-corrected chi connectivity index (χ2v) is 4.46. The van der Waals surface area contributed by atoms with Gasteiger partial charge >= 0.3 is 0 Å². The topological polar surface area (TPSA) is 34.2 Å². The van der Waals surface area contributed by atoms with Crippen LogP contribution in [0.2, 0.25) is 0 Å². The van der Waals surface area contributed by atoms with Crippen LogP contribution in [-0.2, 0) is 4.74 Å². The third-order valence-electron chi connectivity index (χ3n) is 2.84. The van der Waals surface area contributed by atoms with Crippen molar-refractivity contribution in [2.75, 3.05) is 13.2 Å². The summed E-state index contributed by atoms with van der Waals surface area (Å²) in [5, 5.41) is 3.40. The lowest BCUT2D eigenvalue weighted by molar-refractivity contribution is 0.0309. The molecule has 3 unspecified atom stereocenters. The van der Waals surface area contributed by atoms with Crippen LogP contribution in [0, 0.1) is 11.7 Å². The largest absolute Gasteiger partial charge is 0.370 e. The molecule has 0 spiro atoms. The summed E-state index contributed by atoms with van der Waals surface area (Å²) in [6.07, 6.45) is 1.14. The number of ether oxygens (including phenoxy) is 1. The van der Waals surface area contributed by atoms with E-state index in [4.69, 9.17) is 4.74 Å². The summed E-state index contributed by atoms with van der Waals surface area (Å²) in [5.41, 5.74) is 0.788. The van der Waals surface area contributed by atoms with E-state index in [1.165, 1.54) is 12.3 Å². The Bertz CT molecular complexity index is 341. The molecule has 88 valence electrons. The van der Waals surface area contributed by atoms with Crippen LogP contribution in [0.5, 0.6) is 0 Å². The predicted molar refractivity (Wildman–Crippen MR) is 59.5 cm³/mol. The SMILES string of the molecule is CC1CNC(C)C(c2ccc(F)cn2)OC1. The Balaban J connectivity index is 2.15. The molecule has 0 saturated carbocycles. The molecule has 1 aliphatic rings. The van der Waals surface area contributed by atoms with Crippen LogP contribution >= 0.6 is 0 Å². The molecule has 0 amide bonds. The van der Waals surface area contributed by atoms with Crippen LogP contribution in [0.25, 0.3) is 0 Å². The summed E-state index contributed by atoms with van der Waals surface area (Å²) < 4.78 is 18.6. The first-order valence-electron chi connectivity index (χ1n) is 5.63. The van der Waals surface area contributed by atoms with Crippen LogP contribution in [-0.4, -0.2) is 24.2 Å². The molecule has 0 aromatic carbocycles. The van der Waals surface area contributed by atoms with Gasteiger partial charge in [-0.05, 0) is 25.0 Å². The Morgan fingerprint density at radius 1 is 1.44 bits per heavy atom. The number of hydrogen-bond acceptors (Lipinski definition) is 3. The van der Waals surface area contributed by atoms with Crippen LogP contribution in [0.15, 0.2) is 18.3 Å². The van der Waals surface area contributed by atoms with Crippen molar-refractivity contribution in [1.82, 2.24) is 10.3 Å². The van der Waals surface area contributed by atoms with Crippen LogP contribution in [0.3, 0.4) is 0 Å². The van der Waals surface area contributed by atoms with Gasteiger partial charge in [0.1, 0.15) is 11.9 Å². The molecular formula is C12H17FN2O. The van der Waals surface area contributed by atoms with E-state index in [1.807, 2.05) is 0 Å². The van der Waals surface area contributed by atoms with E-state index < -0.39 is 0 Å². The molecule has 16 heavy (non-hydrogen) atoms. The Morgan fingerprint density at radius 3 is 2.94 bits per heavy atom. The Kier molecular flexibility index (Phi) is 3.51. The van der Waals surface area contributed by atoms with E-state index in [2.05, 4.69) is 24.1 Å². The van der Waals surface area contributed by atoms with Gasteiger partial charge in [-0.2, -0.15) is 0 Å². The number of nitrogens with zero attached hydrogens (tertiary/aromatic N) is 1.